The molecule has 36 heavy (non-hydrogen) atoms. The Morgan fingerprint density at radius 2 is 2.00 bits per heavy atom. The van der Waals surface area contributed by atoms with E-state index in [1.165, 1.54) is 16.7 Å². The van der Waals surface area contributed by atoms with E-state index in [1.807, 2.05) is 19.1 Å². The van der Waals surface area contributed by atoms with Crippen molar-refractivity contribution in [3.63, 3.8) is 0 Å². The molecule has 1 aliphatic heterocycles. The van der Waals surface area contributed by atoms with Crippen LogP contribution in [0.5, 0.6) is 0 Å². The summed E-state index contributed by atoms with van der Waals surface area (Å²) in [4.78, 5) is 15.4. The molecule has 11 nitrogen and oxygen atoms in total. The molecule has 0 spiro atoms. The SMILES string of the molecule is C/C(=N/NC(=O)c1nnn(-c2nonc2N)c1CN1CCCCC1C)c1ccc(CC(C)C)cc1.Cl. The normalized spacial score (nSPS) is 16.7. The lowest BCUT2D eigenvalue weighted by molar-refractivity contribution is 0.0944. The summed E-state index contributed by atoms with van der Waals surface area (Å²) in [5.74, 6) is 0.414. The Morgan fingerprint density at radius 1 is 1.25 bits per heavy atom. The maximum absolute atomic E-state index is 13.1. The van der Waals surface area contributed by atoms with Crippen molar-refractivity contribution in [2.24, 2.45) is 11.0 Å². The lowest BCUT2D eigenvalue weighted by Crippen LogP contribution is -2.38. The molecule has 194 valence electrons. The molecule has 1 atom stereocenters. The van der Waals surface area contributed by atoms with Crippen molar-refractivity contribution in [2.75, 3.05) is 12.3 Å². The third kappa shape index (κ3) is 6.27. The zero-order chi connectivity index (χ0) is 24.9. The minimum Gasteiger partial charge on any atom is -0.378 e. The number of aromatic nitrogens is 5. The number of benzene rings is 1. The summed E-state index contributed by atoms with van der Waals surface area (Å²) < 4.78 is 6.17. The number of amides is 1. The number of carbonyl (C=O) groups excluding carboxylic acids is 1. The van der Waals surface area contributed by atoms with Gasteiger partial charge in [-0.2, -0.15) is 9.78 Å². The van der Waals surface area contributed by atoms with E-state index in [-0.39, 0.29) is 29.7 Å². The molecule has 12 heteroatoms. The monoisotopic (exact) mass is 515 g/mol. The summed E-state index contributed by atoms with van der Waals surface area (Å²) in [7, 11) is 0. The average molecular weight is 516 g/mol. The van der Waals surface area contributed by atoms with E-state index in [1.54, 1.807) is 0 Å². The van der Waals surface area contributed by atoms with Gasteiger partial charge in [-0.05, 0) is 67.0 Å². The Hall–Kier alpha value is -3.31. The topological polar surface area (TPSA) is 140 Å². The van der Waals surface area contributed by atoms with E-state index in [9.17, 15) is 4.79 Å². The van der Waals surface area contributed by atoms with E-state index in [0.717, 1.165) is 31.4 Å². The van der Waals surface area contributed by atoms with Crippen LogP contribution in [-0.2, 0) is 13.0 Å². The van der Waals surface area contributed by atoms with Gasteiger partial charge in [0.25, 0.3) is 5.91 Å². The number of halogens is 1. The van der Waals surface area contributed by atoms with Crippen LogP contribution in [0.4, 0.5) is 5.82 Å². The number of rotatable bonds is 8. The molecule has 0 bridgehead atoms. The Morgan fingerprint density at radius 3 is 2.64 bits per heavy atom. The van der Waals surface area contributed by atoms with Crippen LogP contribution in [0.1, 0.15) is 74.3 Å². The van der Waals surface area contributed by atoms with Gasteiger partial charge in [-0.15, -0.1) is 17.5 Å². The Balaban J connectivity index is 0.00000361. The third-order valence-electron chi connectivity index (χ3n) is 6.31. The number of nitrogens with one attached hydrogen (secondary N) is 1. The van der Waals surface area contributed by atoms with Gasteiger partial charge in [0.2, 0.25) is 11.6 Å². The van der Waals surface area contributed by atoms with E-state index in [0.29, 0.717) is 29.9 Å². The van der Waals surface area contributed by atoms with Crippen molar-refractivity contribution in [1.82, 2.24) is 35.6 Å². The van der Waals surface area contributed by atoms with Crippen LogP contribution < -0.4 is 11.2 Å². The summed E-state index contributed by atoms with van der Waals surface area (Å²) in [5.41, 5.74) is 12.1. The summed E-state index contributed by atoms with van der Waals surface area (Å²) in [6.45, 7) is 9.80. The van der Waals surface area contributed by atoms with E-state index in [4.69, 9.17) is 10.4 Å². The van der Waals surface area contributed by atoms with Crippen LogP contribution in [0.2, 0.25) is 0 Å². The maximum Gasteiger partial charge on any atom is 0.293 e. The minimum absolute atomic E-state index is 0. The maximum atomic E-state index is 13.1. The van der Waals surface area contributed by atoms with Crippen molar-refractivity contribution < 1.29 is 9.42 Å². The highest BCUT2D eigenvalue weighted by molar-refractivity contribution is 6.00. The first-order valence-corrected chi connectivity index (χ1v) is 12.0. The predicted molar refractivity (Wildman–Crippen MR) is 139 cm³/mol. The molecule has 0 saturated carbocycles. The van der Waals surface area contributed by atoms with Crippen LogP contribution in [0.3, 0.4) is 0 Å². The standard InChI is InChI=1S/C24H33N9O2.ClH/c1-15(2)13-18-8-10-19(11-9-18)17(4)26-28-24(34)21-20(14-32-12-6-5-7-16(32)3)33(31-27-21)23-22(25)29-35-30-23;/h8-11,15-16H,5-7,12-14H2,1-4H3,(H2,25,29)(H,28,34);1H/b26-17-;. The fraction of sp³-hybridized carbons (Fsp3) is 0.500. The van der Waals surface area contributed by atoms with Gasteiger partial charge >= 0.3 is 0 Å². The Kier molecular flexibility index (Phi) is 9.16. The van der Waals surface area contributed by atoms with Gasteiger partial charge in [0.05, 0.1) is 11.4 Å². The van der Waals surface area contributed by atoms with Gasteiger partial charge in [-0.25, -0.2) is 10.1 Å². The Labute approximate surface area is 216 Å². The summed E-state index contributed by atoms with van der Waals surface area (Å²) in [6, 6.07) is 8.59. The van der Waals surface area contributed by atoms with Crippen molar-refractivity contribution in [3.8, 4) is 5.82 Å². The highest BCUT2D eigenvalue weighted by atomic mass is 35.5. The van der Waals surface area contributed by atoms with Crippen molar-refractivity contribution in [2.45, 2.75) is 66.0 Å². The van der Waals surface area contributed by atoms with Gasteiger partial charge in [-0.1, -0.05) is 49.7 Å². The predicted octanol–water partition coefficient (Wildman–Crippen LogP) is 3.38. The molecule has 0 radical (unpaired) electrons. The zero-order valence-electron chi connectivity index (χ0n) is 21.1. The first kappa shape index (κ1) is 27.3. The average Bonchev–Trinajstić information content (AvgIpc) is 3.44. The summed E-state index contributed by atoms with van der Waals surface area (Å²) in [5, 5.41) is 20.1. The lowest BCUT2D eigenvalue weighted by atomic mass is 10.0. The number of likely N-dealkylation sites (tertiary alicyclic amines) is 1. The summed E-state index contributed by atoms with van der Waals surface area (Å²) in [6.07, 6.45) is 4.40. The second kappa shape index (κ2) is 12.1. The first-order valence-electron chi connectivity index (χ1n) is 12.0. The van der Waals surface area contributed by atoms with E-state index in [2.05, 4.69) is 69.0 Å². The number of hydrogen-bond acceptors (Lipinski definition) is 9. The second-order valence-electron chi connectivity index (χ2n) is 9.52. The number of piperidine rings is 1. The summed E-state index contributed by atoms with van der Waals surface area (Å²) >= 11 is 0. The molecule has 2 aromatic heterocycles. The number of nitrogens with two attached hydrogens (primary N) is 1. The fourth-order valence-corrected chi connectivity index (χ4v) is 4.32. The smallest absolute Gasteiger partial charge is 0.293 e. The second-order valence-corrected chi connectivity index (χ2v) is 9.52. The van der Waals surface area contributed by atoms with Crippen molar-refractivity contribution >= 4 is 29.8 Å². The number of nitrogens with zero attached hydrogens (tertiary/aromatic N) is 7. The van der Waals surface area contributed by atoms with Gasteiger partial charge in [0, 0.05) is 12.6 Å². The van der Waals surface area contributed by atoms with Gasteiger partial charge in [0.15, 0.2) is 5.69 Å². The number of carbonyl (C=O) groups is 1. The first-order chi connectivity index (χ1) is 16.8. The highest BCUT2D eigenvalue weighted by Crippen LogP contribution is 2.23. The molecule has 1 aliphatic rings. The highest BCUT2D eigenvalue weighted by Gasteiger charge is 2.28. The largest absolute Gasteiger partial charge is 0.378 e. The van der Waals surface area contributed by atoms with Crippen LogP contribution in [0.25, 0.3) is 5.82 Å². The molecule has 1 amide bonds. The zero-order valence-corrected chi connectivity index (χ0v) is 22.0. The molecule has 1 saturated heterocycles. The minimum atomic E-state index is -0.457. The van der Waals surface area contributed by atoms with E-state index >= 15 is 0 Å². The molecule has 0 aliphatic carbocycles. The third-order valence-corrected chi connectivity index (χ3v) is 6.31. The van der Waals surface area contributed by atoms with Crippen molar-refractivity contribution in [1.29, 1.82) is 0 Å². The van der Waals surface area contributed by atoms with Crippen LogP contribution in [0.15, 0.2) is 34.0 Å². The number of anilines is 1. The lowest BCUT2D eigenvalue weighted by Gasteiger charge is -2.33. The molecule has 1 fully saturated rings. The molecule has 3 heterocycles. The molecule has 3 aromatic rings. The molecular formula is C24H34ClN9O2. The van der Waals surface area contributed by atoms with Crippen LogP contribution in [-0.4, -0.2) is 54.4 Å². The van der Waals surface area contributed by atoms with Gasteiger partial charge < -0.3 is 5.73 Å². The number of nitrogen functional groups attached to an aromatic ring is 1. The van der Waals surface area contributed by atoms with Crippen LogP contribution in [0, 0.1) is 5.92 Å². The van der Waals surface area contributed by atoms with Gasteiger partial charge in [0.1, 0.15) is 0 Å². The molecule has 1 unspecified atom stereocenters. The molecular weight excluding hydrogens is 482 g/mol. The fourth-order valence-electron chi connectivity index (χ4n) is 4.32. The van der Waals surface area contributed by atoms with Crippen LogP contribution >= 0.6 is 12.4 Å². The van der Waals surface area contributed by atoms with Crippen molar-refractivity contribution in [3.05, 3.63) is 46.8 Å². The quantitative estimate of drug-likeness (QED) is 0.343. The number of hydrogen-bond donors (Lipinski definition) is 2. The Bertz CT molecular complexity index is 1190. The van der Waals surface area contributed by atoms with E-state index < -0.39 is 5.91 Å². The molecule has 1 aromatic carbocycles. The molecule has 3 N–H and O–H groups in total. The number of hydrazone groups is 1. The van der Waals surface area contributed by atoms with Gasteiger partial charge in [-0.3, -0.25) is 9.69 Å². The molecule has 4 rings (SSSR count).